The van der Waals surface area contributed by atoms with Crippen molar-refractivity contribution in [1.29, 1.82) is 0 Å². The second kappa shape index (κ2) is 6.99. The van der Waals surface area contributed by atoms with E-state index in [-0.39, 0.29) is 11.5 Å². The number of rotatable bonds is 3. The predicted octanol–water partition coefficient (Wildman–Crippen LogP) is 2.17. The van der Waals surface area contributed by atoms with Crippen molar-refractivity contribution in [1.82, 2.24) is 19.7 Å². The van der Waals surface area contributed by atoms with Crippen molar-refractivity contribution in [2.45, 2.75) is 18.8 Å². The number of hydrogen-bond donors (Lipinski definition) is 0. The van der Waals surface area contributed by atoms with Gasteiger partial charge in [-0.2, -0.15) is 5.10 Å². The van der Waals surface area contributed by atoms with E-state index >= 15 is 0 Å². The summed E-state index contributed by atoms with van der Waals surface area (Å²) in [6, 6.07) is 9.31. The van der Waals surface area contributed by atoms with Crippen molar-refractivity contribution in [2.24, 2.45) is 7.05 Å². The predicted molar refractivity (Wildman–Crippen MR) is 111 cm³/mol. The largest absolute Gasteiger partial charge is 0.367 e. The van der Waals surface area contributed by atoms with Crippen molar-refractivity contribution in [2.75, 3.05) is 31.1 Å². The van der Waals surface area contributed by atoms with Crippen LogP contribution in [0.1, 0.15) is 34.8 Å². The summed E-state index contributed by atoms with van der Waals surface area (Å²) in [7, 11) is 1.59. The highest BCUT2D eigenvalue weighted by Gasteiger charge is 2.30. The van der Waals surface area contributed by atoms with Crippen LogP contribution in [0.2, 0.25) is 0 Å². The van der Waals surface area contributed by atoms with E-state index in [9.17, 15) is 9.59 Å². The fraction of sp³-hybridized carbons (Fsp3) is 0.364. The molecule has 7 nitrogen and oxygen atoms in total. The SMILES string of the molecule is Cn1nc(C(=O)N2CCN(c3cnccc3C3CC3)CC2)c2ccccc2c1=O. The summed E-state index contributed by atoms with van der Waals surface area (Å²) in [5.74, 6) is 0.541. The molecule has 0 unspecified atom stereocenters. The maximum absolute atomic E-state index is 13.2. The summed E-state index contributed by atoms with van der Waals surface area (Å²) in [5.41, 5.74) is 2.74. The van der Waals surface area contributed by atoms with E-state index in [2.05, 4.69) is 21.0 Å². The highest BCUT2D eigenvalue weighted by atomic mass is 16.2. The Morgan fingerprint density at radius 1 is 1.03 bits per heavy atom. The number of piperazine rings is 1. The van der Waals surface area contributed by atoms with Gasteiger partial charge in [-0.05, 0) is 36.5 Å². The molecule has 1 aliphatic carbocycles. The lowest BCUT2D eigenvalue weighted by molar-refractivity contribution is 0.0740. The third-order valence-corrected chi connectivity index (χ3v) is 5.92. The number of carbonyl (C=O) groups excluding carboxylic acids is 1. The number of aromatic nitrogens is 3. The minimum absolute atomic E-state index is 0.120. The number of benzene rings is 1. The van der Waals surface area contributed by atoms with Gasteiger partial charge in [0.05, 0.1) is 17.3 Å². The molecule has 0 radical (unpaired) electrons. The molecule has 0 spiro atoms. The highest BCUT2D eigenvalue weighted by molar-refractivity contribution is 6.04. The Kier molecular flexibility index (Phi) is 4.30. The van der Waals surface area contributed by atoms with Gasteiger partial charge in [-0.1, -0.05) is 18.2 Å². The van der Waals surface area contributed by atoms with Gasteiger partial charge in [0.2, 0.25) is 0 Å². The average Bonchev–Trinajstić information content (AvgIpc) is 3.61. The van der Waals surface area contributed by atoms with Gasteiger partial charge in [-0.3, -0.25) is 14.6 Å². The first-order valence-corrected chi connectivity index (χ1v) is 10.1. The van der Waals surface area contributed by atoms with Gasteiger partial charge in [0.1, 0.15) is 0 Å². The zero-order valence-corrected chi connectivity index (χ0v) is 16.4. The van der Waals surface area contributed by atoms with Gasteiger partial charge >= 0.3 is 0 Å². The molecule has 2 fully saturated rings. The molecule has 1 aromatic carbocycles. The molecule has 148 valence electrons. The van der Waals surface area contributed by atoms with E-state index in [1.54, 1.807) is 19.2 Å². The summed E-state index contributed by atoms with van der Waals surface area (Å²) in [4.78, 5) is 34.0. The second-order valence-corrected chi connectivity index (χ2v) is 7.81. The molecular formula is C22H23N5O2. The topological polar surface area (TPSA) is 71.3 Å². The zero-order chi connectivity index (χ0) is 20.0. The summed E-state index contributed by atoms with van der Waals surface area (Å²) >= 11 is 0. The molecule has 1 amide bonds. The first-order chi connectivity index (χ1) is 14.1. The Morgan fingerprint density at radius 2 is 1.76 bits per heavy atom. The summed E-state index contributed by atoms with van der Waals surface area (Å²) < 4.78 is 1.25. The average molecular weight is 389 g/mol. The molecule has 29 heavy (non-hydrogen) atoms. The van der Waals surface area contributed by atoms with Gasteiger partial charge in [0, 0.05) is 44.8 Å². The number of nitrogens with zero attached hydrogens (tertiary/aromatic N) is 5. The first-order valence-electron chi connectivity index (χ1n) is 10.1. The number of anilines is 1. The van der Waals surface area contributed by atoms with Crippen LogP contribution in [-0.2, 0) is 7.05 Å². The van der Waals surface area contributed by atoms with E-state index in [0.717, 1.165) is 13.1 Å². The summed E-state index contributed by atoms with van der Waals surface area (Å²) in [6.07, 6.45) is 6.32. The van der Waals surface area contributed by atoms with Crippen LogP contribution in [-0.4, -0.2) is 51.8 Å². The smallest absolute Gasteiger partial charge is 0.275 e. The normalized spacial score (nSPS) is 17.0. The Bertz CT molecular complexity index is 1140. The van der Waals surface area contributed by atoms with Crippen molar-refractivity contribution >= 4 is 22.4 Å². The second-order valence-electron chi connectivity index (χ2n) is 7.81. The maximum atomic E-state index is 13.2. The molecule has 0 bridgehead atoms. The lowest BCUT2D eigenvalue weighted by atomic mass is 10.1. The van der Waals surface area contributed by atoms with Crippen LogP contribution in [0, 0.1) is 0 Å². The van der Waals surface area contributed by atoms with Gasteiger partial charge in [0.25, 0.3) is 11.5 Å². The van der Waals surface area contributed by atoms with Crippen LogP contribution in [0.4, 0.5) is 5.69 Å². The fourth-order valence-corrected chi connectivity index (χ4v) is 4.16. The zero-order valence-electron chi connectivity index (χ0n) is 16.4. The molecule has 0 N–H and O–H groups in total. The number of carbonyl (C=O) groups is 1. The van der Waals surface area contributed by atoms with Gasteiger partial charge in [0.15, 0.2) is 5.69 Å². The quantitative estimate of drug-likeness (QED) is 0.687. The molecule has 0 atom stereocenters. The van der Waals surface area contributed by atoms with Crippen LogP contribution in [0.5, 0.6) is 0 Å². The fourth-order valence-electron chi connectivity index (χ4n) is 4.16. The first kappa shape index (κ1) is 17.8. The Hall–Kier alpha value is -3.22. The van der Waals surface area contributed by atoms with Crippen LogP contribution in [0.3, 0.4) is 0 Å². The molecule has 7 heteroatoms. The number of aryl methyl sites for hydroxylation is 1. The van der Waals surface area contributed by atoms with Crippen molar-refractivity contribution in [3.05, 3.63) is 64.3 Å². The number of hydrogen-bond acceptors (Lipinski definition) is 5. The van der Waals surface area contributed by atoms with Crippen molar-refractivity contribution < 1.29 is 4.79 Å². The lowest BCUT2D eigenvalue weighted by Gasteiger charge is -2.36. The maximum Gasteiger partial charge on any atom is 0.275 e. The van der Waals surface area contributed by atoms with Crippen LogP contribution >= 0.6 is 0 Å². The molecular weight excluding hydrogens is 366 g/mol. The molecule has 1 saturated carbocycles. The highest BCUT2D eigenvalue weighted by Crippen LogP contribution is 2.44. The summed E-state index contributed by atoms with van der Waals surface area (Å²) in [6.45, 7) is 2.77. The Morgan fingerprint density at radius 3 is 2.48 bits per heavy atom. The van der Waals surface area contributed by atoms with Gasteiger partial charge < -0.3 is 9.80 Å². The molecule has 2 aromatic heterocycles. The van der Waals surface area contributed by atoms with E-state index in [0.29, 0.717) is 35.5 Å². The van der Waals surface area contributed by atoms with E-state index in [1.165, 1.54) is 28.8 Å². The minimum atomic E-state index is -0.189. The molecule has 2 aliphatic rings. The Labute approximate surface area is 168 Å². The van der Waals surface area contributed by atoms with Gasteiger partial charge in [-0.25, -0.2) is 4.68 Å². The standard InChI is InChI=1S/C22H23N5O2/c1-25-21(28)18-5-3-2-4-17(18)20(24-25)22(29)27-12-10-26(11-13-27)19-14-23-9-8-16(19)15-6-7-15/h2-5,8-9,14-15H,6-7,10-13H2,1H3. The monoisotopic (exact) mass is 389 g/mol. The van der Waals surface area contributed by atoms with Crippen LogP contribution < -0.4 is 10.5 Å². The molecule has 5 rings (SSSR count). The molecule has 3 heterocycles. The molecule has 3 aromatic rings. The summed E-state index contributed by atoms with van der Waals surface area (Å²) in [5, 5.41) is 5.43. The lowest BCUT2D eigenvalue weighted by Crippen LogP contribution is -2.49. The van der Waals surface area contributed by atoms with Gasteiger partial charge in [-0.15, -0.1) is 0 Å². The molecule has 1 saturated heterocycles. The van der Waals surface area contributed by atoms with Crippen LogP contribution in [0.25, 0.3) is 10.8 Å². The van der Waals surface area contributed by atoms with E-state index < -0.39 is 0 Å². The van der Waals surface area contributed by atoms with Crippen LogP contribution in [0.15, 0.2) is 47.5 Å². The third kappa shape index (κ3) is 3.16. The number of amides is 1. The third-order valence-electron chi connectivity index (χ3n) is 5.92. The van der Waals surface area contributed by atoms with Crippen molar-refractivity contribution in [3.8, 4) is 0 Å². The van der Waals surface area contributed by atoms with E-state index in [4.69, 9.17) is 0 Å². The Balaban J connectivity index is 1.38. The van der Waals surface area contributed by atoms with Crippen molar-refractivity contribution in [3.63, 3.8) is 0 Å². The molecule has 1 aliphatic heterocycles. The number of fused-ring (bicyclic) bond motifs is 1. The number of pyridine rings is 1. The van der Waals surface area contributed by atoms with E-state index in [1.807, 2.05) is 29.4 Å². The minimum Gasteiger partial charge on any atom is -0.367 e.